The molecule has 5 heteroatoms. The van der Waals surface area contributed by atoms with Gasteiger partial charge in [0.25, 0.3) is 0 Å². The first-order chi connectivity index (χ1) is 7.07. The van der Waals surface area contributed by atoms with E-state index in [9.17, 15) is 4.79 Å². The summed E-state index contributed by atoms with van der Waals surface area (Å²) in [7, 11) is 0. The molecular weight excluding hydrogens is 196 g/mol. The van der Waals surface area contributed by atoms with Gasteiger partial charge >= 0.3 is 5.97 Å². The SMILES string of the molecule is CCCOc1c(C(=O)O)cnn1C(C)C. The van der Waals surface area contributed by atoms with E-state index in [0.717, 1.165) is 6.42 Å². The summed E-state index contributed by atoms with van der Waals surface area (Å²) in [4.78, 5) is 10.9. The Morgan fingerprint density at radius 1 is 1.67 bits per heavy atom. The van der Waals surface area contributed by atoms with E-state index in [1.54, 1.807) is 4.68 Å². The number of nitrogens with zero attached hydrogens (tertiary/aromatic N) is 2. The lowest BCUT2D eigenvalue weighted by atomic mass is 10.3. The minimum absolute atomic E-state index is 0.0879. The number of carboxylic acids is 1. The maximum Gasteiger partial charge on any atom is 0.342 e. The van der Waals surface area contributed by atoms with Gasteiger partial charge in [0.15, 0.2) is 0 Å². The third kappa shape index (κ3) is 2.49. The van der Waals surface area contributed by atoms with E-state index in [-0.39, 0.29) is 11.6 Å². The van der Waals surface area contributed by atoms with Crippen molar-refractivity contribution >= 4 is 5.97 Å². The molecule has 1 aromatic heterocycles. The molecule has 0 amide bonds. The lowest BCUT2D eigenvalue weighted by Crippen LogP contribution is -2.10. The normalized spacial score (nSPS) is 10.7. The van der Waals surface area contributed by atoms with Gasteiger partial charge in [0.05, 0.1) is 18.8 Å². The second-order valence-electron chi connectivity index (χ2n) is 3.56. The predicted octanol–water partition coefficient (Wildman–Crippen LogP) is 1.95. The van der Waals surface area contributed by atoms with E-state index in [2.05, 4.69) is 5.10 Å². The quantitative estimate of drug-likeness (QED) is 0.810. The van der Waals surface area contributed by atoms with Crippen molar-refractivity contribution in [2.75, 3.05) is 6.61 Å². The Morgan fingerprint density at radius 3 is 2.80 bits per heavy atom. The molecule has 0 saturated heterocycles. The van der Waals surface area contributed by atoms with Crippen molar-refractivity contribution in [3.8, 4) is 5.88 Å². The van der Waals surface area contributed by atoms with E-state index >= 15 is 0 Å². The largest absolute Gasteiger partial charge is 0.477 e. The van der Waals surface area contributed by atoms with Gasteiger partial charge in [-0.3, -0.25) is 0 Å². The molecule has 0 bridgehead atoms. The number of aromatic carboxylic acids is 1. The minimum atomic E-state index is -1.01. The fourth-order valence-corrected chi connectivity index (χ4v) is 1.21. The number of rotatable bonds is 5. The van der Waals surface area contributed by atoms with Crippen molar-refractivity contribution in [2.45, 2.75) is 33.2 Å². The first kappa shape index (κ1) is 11.6. The van der Waals surface area contributed by atoms with Crippen LogP contribution < -0.4 is 4.74 Å². The molecule has 15 heavy (non-hydrogen) atoms. The second kappa shape index (κ2) is 4.82. The Balaban J connectivity index is 3.03. The Morgan fingerprint density at radius 2 is 2.33 bits per heavy atom. The third-order valence-corrected chi connectivity index (χ3v) is 1.91. The number of ether oxygens (including phenoxy) is 1. The standard InChI is InChI=1S/C10H16N2O3/c1-4-5-15-9-8(10(13)14)6-11-12(9)7(2)3/h6-7H,4-5H2,1-3H3,(H,13,14). The number of hydrogen-bond donors (Lipinski definition) is 1. The minimum Gasteiger partial charge on any atom is -0.477 e. The van der Waals surface area contributed by atoms with Gasteiger partial charge in [-0.05, 0) is 20.3 Å². The average Bonchev–Trinajstić information content (AvgIpc) is 2.57. The van der Waals surface area contributed by atoms with Crippen molar-refractivity contribution in [2.24, 2.45) is 0 Å². The Labute approximate surface area is 88.7 Å². The van der Waals surface area contributed by atoms with Crippen molar-refractivity contribution in [3.63, 3.8) is 0 Å². The predicted molar refractivity (Wildman–Crippen MR) is 55.4 cm³/mol. The molecule has 0 radical (unpaired) electrons. The Hall–Kier alpha value is -1.52. The summed E-state index contributed by atoms with van der Waals surface area (Å²) in [5, 5.41) is 12.9. The molecule has 0 fully saturated rings. The molecule has 0 aliphatic carbocycles. The van der Waals surface area contributed by atoms with Crippen molar-refractivity contribution in [3.05, 3.63) is 11.8 Å². The summed E-state index contributed by atoms with van der Waals surface area (Å²) < 4.78 is 6.98. The van der Waals surface area contributed by atoms with Crippen LogP contribution in [-0.2, 0) is 0 Å². The maximum absolute atomic E-state index is 10.9. The Bertz CT molecular complexity index is 344. The van der Waals surface area contributed by atoms with Crippen LogP contribution in [0.5, 0.6) is 5.88 Å². The third-order valence-electron chi connectivity index (χ3n) is 1.91. The van der Waals surface area contributed by atoms with Gasteiger partial charge in [0.1, 0.15) is 5.56 Å². The highest BCUT2D eigenvalue weighted by molar-refractivity contribution is 5.89. The van der Waals surface area contributed by atoms with Gasteiger partial charge in [0, 0.05) is 0 Å². The highest BCUT2D eigenvalue weighted by Crippen LogP contribution is 2.22. The molecule has 84 valence electrons. The van der Waals surface area contributed by atoms with Crippen LogP contribution in [0.25, 0.3) is 0 Å². The number of carboxylic acid groups (broad SMARTS) is 1. The molecule has 0 atom stereocenters. The zero-order valence-corrected chi connectivity index (χ0v) is 9.23. The monoisotopic (exact) mass is 212 g/mol. The summed E-state index contributed by atoms with van der Waals surface area (Å²) in [5.74, 6) is -0.660. The zero-order valence-electron chi connectivity index (χ0n) is 9.23. The van der Waals surface area contributed by atoms with Gasteiger partial charge in [0.2, 0.25) is 5.88 Å². The highest BCUT2D eigenvalue weighted by Gasteiger charge is 2.19. The molecule has 0 unspecified atom stereocenters. The first-order valence-corrected chi connectivity index (χ1v) is 5.01. The van der Waals surface area contributed by atoms with Gasteiger partial charge in [-0.25, -0.2) is 9.48 Å². The van der Waals surface area contributed by atoms with Crippen molar-refractivity contribution in [1.29, 1.82) is 0 Å². The van der Waals surface area contributed by atoms with E-state index in [1.807, 2.05) is 20.8 Å². The van der Waals surface area contributed by atoms with Gasteiger partial charge in [-0.1, -0.05) is 6.92 Å². The molecule has 1 N–H and O–H groups in total. The van der Waals surface area contributed by atoms with E-state index in [0.29, 0.717) is 12.5 Å². The average molecular weight is 212 g/mol. The first-order valence-electron chi connectivity index (χ1n) is 5.01. The molecule has 5 nitrogen and oxygen atoms in total. The highest BCUT2D eigenvalue weighted by atomic mass is 16.5. The van der Waals surface area contributed by atoms with Crippen LogP contribution in [0.3, 0.4) is 0 Å². The van der Waals surface area contributed by atoms with Crippen LogP contribution in [0, 0.1) is 0 Å². The van der Waals surface area contributed by atoms with Gasteiger partial charge in [-0.2, -0.15) is 5.10 Å². The summed E-state index contributed by atoms with van der Waals surface area (Å²) >= 11 is 0. The van der Waals surface area contributed by atoms with E-state index < -0.39 is 5.97 Å². The zero-order chi connectivity index (χ0) is 11.4. The summed E-state index contributed by atoms with van der Waals surface area (Å²) in [5.41, 5.74) is 0.122. The van der Waals surface area contributed by atoms with Crippen molar-refractivity contribution in [1.82, 2.24) is 9.78 Å². The lowest BCUT2D eigenvalue weighted by Gasteiger charge is -2.11. The van der Waals surface area contributed by atoms with Gasteiger partial charge in [-0.15, -0.1) is 0 Å². The Kier molecular flexibility index (Phi) is 3.71. The second-order valence-corrected chi connectivity index (χ2v) is 3.56. The smallest absolute Gasteiger partial charge is 0.342 e. The molecule has 1 rings (SSSR count). The van der Waals surface area contributed by atoms with Crippen LogP contribution in [0.4, 0.5) is 0 Å². The molecule has 0 aliphatic heterocycles. The number of aromatic nitrogens is 2. The van der Waals surface area contributed by atoms with Crippen LogP contribution in [0.15, 0.2) is 6.20 Å². The molecule has 0 saturated carbocycles. The molecular formula is C10H16N2O3. The fraction of sp³-hybridized carbons (Fsp3) is 0.600. The van der Waals surface area contributed by atoms with Crippen molar-refractivity contribution < 1.29 is 14.6 Å². The van der Waals surface area contributed by atoms with Gasteiger partial charge < -0.3 is 9.84 Å². The molecule has 1 heterocycles. The summed E-state index contributed by atoms with van der Waals surface area (Å²) in [6.07, 6.45) is 2.16. The number of carbonyl (C=O) groups is 1. The topological polar surface area (TPSA) is 64.3 Å². The molecule has 0 aromatic carbocycles. The van der Waals surface area contributed by atoms with Crippen LogP contribution in [-0.4, -0.2) is 27.5 Å². The van der Waals surface area contributed by atoms with E-state index in [1.165, 1.54) is 6.20 Å². The van der Waals surface area contributed by atoms with Crippen LogP contribution >= 0.6 is 0 Å². The fourth-order valence-electron chi connectivity index (χ4n) is 1.21. The molecule has 1 aromatic rings. The summed E-state index contributed by atoms with van der Waals surface area (Å²) in [6.45, 7) is 6.32. The molecule has 0 spiro atoms. The van der Waals surface area contributed by atoms with Crippen LogP contribution in [0.1, 0.15) is 43.6 Å². The maximum atomic E-state index is 10.9. The number of hydrogen-bond acceptors (Lipinski definition) is 3. The summed E-state index contributed by atoms with van der Waals surface area (Å²) in [6, 6.07) is 0.0879. The van der Waals surface area contributed by atoms with Crippen LogP contribution in [0.2, 0.25) is 0 Å². The lowest BCUT2D eigenvalue weighted by molar-refractivity contribution is 0.0691. The molecule has 0 aliphatic rings. The van der Waals surface area contributed by atoms with E-state index in [4.69, 9.17) is 9.84 Å².